The molecule has 104 valence electrons. The van der Waals surface area contributed by atoms with Crippen LogP contribution in [0.15, 0.2) is 41.5 Å². The van der Waals surface area contributed by atoms with Gasteiger partial charge in [0, 0.05) is 11.8 Å². The third-order valence-electron chi connectivity index (χ3n) is 2.87. The van der Waals surface area contributed by atoms with E-state index >= 15 is 0 Å². The van der Waals surface area contributed by atoms with Crippen molar-refractivity contribution in [2.75, 3.05) is 6.61 Å². The number of aryl methyl sites for hydroxylation is 1. The van der Waals surface area contributed by atoms with Gasteiger partial charge in [-0.25, -0.2) is 4.98 Å². The molecule has 0 radical (unpaired) electrons. The fourth-order valence-electron chi connectivity index (χ4n) is 1.82. The molecular formula is C15H16N2O3. The second kappa shape index (κ2) is 6.14. The standard InChI is InChI=1S/C15H16N2O3/c1-11-9-15(19)17(10-16-11)7-8-20-14-6-4-3-5-13(14)12(2)18/h3-6,9-10H,7-8H2,1-2H3. The van der Waals surface area contributed by atoms with Crippen LogP contribution in [-0.4, -0.2) is 21.9 Å². The van der Waals surface area contributed by atoms with Crippen molar-refractivity contribution >= 4 is 5.78 Å². The van der Waals surface area contributed by atoms with Crippen molar-refractivity contribution in [3.63, 3.8) is 0 Å². The zero-order valence-corrected chi connectivity index (χ0v) is 11.5. The van der Waals surface area contributed by atoms with Gasteiger partial charge in [-0.3, -0.25) is 14.2 Å². The number of Topliss-reactive ketones (excluding diaryl/α,β-unsaturated/α-hetero) is 1. The third-order valence-corrected chi connectivity index (χ3v) is 2.87. The van der Waals surface area contributed by atoms with E-state index in [0.717, 1.165) is 0 Å². The fraction of sp³-hybridized carbons (Fsp3) is 0.267. The van der Waals surface area contributed by atoms with E-state index in [9.17, 15) is 9.59 Å². The molecule has 0 saturated carbocycles. The summed E-state index contributed by atoms with van der Waals surface area (Å²) in [4.78, 5) is 27.2. The Kier molecular flexibility index (Phi) is 4.30. The van der Waals surface area contributed by atoms with E-state index in [1.54, 1.807) is 31.2 Å². The van der Waals surface area contributed by atoms with Crippen molar-refractivity contribution in [2.45, 2.75) is 20.4 Å². The number of aromatic nitrogens is 2. The Bertz CT molecular complexity index is 677. The lowest BCUT2D eigenvalue weighted by molar-refractivity contribution is 0.101. The summed E-state index contributed by atoms with van der Waals surface area (Å²) in [5.74, 6) is 0.489. The minimum absolute atomic E-state index is 0.0465. The third kappa shape index (κ3) is 3.32. The molecule has 0 N–H and O–H groups in total. The predicted octanol–water partition coefficient (Wildman–Crippen LogP) is 1.83. The molecule has 0 atom stereocenters. The number of carbonyl (C=O) groups is 1. The van der Waals surface area contributed by atoms with Gasteiger partial charge in [-0.2, -0.15) is 0 Å². The Morgan fingerprint density at radius 3 is 2.80 bits per heavy atom. The van der Waals surface area contributed by atoms with Crippen LogP contribution >= 0.6 is 0 Å². The summed E-state index contributed by atoms with van der Waals surface area (Å²) in [6, 6.07) is 8.53. The quantitative estimate of drug-likeness (QED) is 0.779. The highest BCUT2D eigenvalue weighted by atomic mass is 16.5. The van der Waals surface area contributed by atoms with E-state index in [-0.39, 0.29) is 11.3 Å². The first-order valence-electron chi connectivity index (χ1n) is 6.34. The molecule has 5 nitrogen and oxygen atoms in total. The van der Waals surface area contributed by atoms with Gasteiger partial charge < -0.3 is 4.74 Å². The summed E-state index contributed by atoms with van der Waals surface area (Å²) in [5.41, 5.74) is 1.12. The van der Waals surface area contributed by atoms with Crippen molar-refractivity contribution in [1.29, 1.82) is 0 Å². The zero-order chi connectivity index (χ0) is 14.5. The number of nitrogens with zero attached hydrogens (tertiary/aromatic N) is 2. The Morgan fingerprint density at radius 1 is 1.35 bits per heavy atom. The molecule has 5 heteroatoms. The number of ketones is 1. The molecule has 0 aliphatic rings. The summed E-state index contributed by atoms with van der Waals surface area (Å²) in [6.07, 6.45) is 1.50. The highest BCUT2D eigenvalue weighted by Gasteiger charge is 2.07. The summed E-state index contributed by atoms with van der Waals surface area (Å²) in [6.45, 7) is 3.95. The van der Waals surface area contributed by atoms with Gasteiger partial charge in [0.05, 0.1) is 18.4 Å². The van der Waals surface area contributed by atoms with E-state index in [0.29, 0.717) is 30.2 Å². The monoisotopic (exact) mass is 272 g/mol. The second-order valence-electron chi connectivity index (χ2n) is 4.46. The fourth-order valence-corrected chi connectivity index (χ4v) is 1.82. The van der Waals surface area contributed by atoms with Crippen molar-refractivity contribution in [3.05, 3.63) is 58.3 Å². The zero-order valence-electron chi connectivity index (χ0n) is 11.5. The first-order valence-corrected chi connectivity index (χ1v) is 6.34. The first-order chi connectivity index (χ1) is 9.58. The molecule has 0 amide bonds. The minimum Gasteiger partial charge on any atom is -0.491 e. The summed E-state index contributed by atoms with van der Waals surface area (Å²) >= 11 is 0. The molecular weight excluding hydrogens is 256 g/mol. The molecule has 1 heterocycles. The molecule has 0 spiro atoms. The van der Waals surface area contributed by atoms with Crippen molar-refractivity contribution in [1.82, 2.24) is 9.55 Å². The van der Waals surface area contributed by atoms with E-state index in [4.69, 9.17) is 4.74 Å². The number of hydrogen-bond acceptors (Lipinski definition) is 4. The normalized spacial score (nSPS) is 10.3. The van der Waals surface area contributed by atoms with Gasteiger partial charge in [-0.15, -0.1) is 0 Å². The van der Waals surface area contributed by atoms with Crippen molar-refractivity contribution in [2.24, 2.45) is 0 Å². The molecule has 20 heavy (non-hydrogen) atoms. The van der Waals surface area contributed by atoms with E-state index in [1.165, 1.54) is 23.9 Å². The molecule has 2 rings (SSSR count). The maximum Gasteiger partial charge on any atom is 0.253 e. The maximum atomic E-state index is 11.7. The van der Waals surface area contributed by atoms with E-state index in [2.05, 4.69) is 4.98 Å². The van der Waals surface area contributed by atoms with Crippen LogP contribution in [-0.2, 0) is 6.54 Å². The molecule has 0 bridgehead atoms. The smallest absolute Gasteiger partial charge is 0.253 e. The van der Waals surface area contributed by atoms with Gasteiger partial charge >= 0.3 is 0 Å². The maximum absolute atomic E-state index is 11.7. The molecule has 0 aliphatic carbocycles. The largest absolute Gasteiger partial charge is 0.491 e. The van der Waals surface area contributed by atoms with Crippen LogP contribution in [0, 0.1) is 6.92 Å². The highest BCUT2D eigenvalue weighted by molar-refractivity contribution is 5.96. The van der Waals surface area contributed by atoms with Crippen molar-refractivity contribution in [3.8, 4) is 5.75 Å². The molecule has 2 aromatic rings. The SMILES string of the molecule is CC(=O)c1ccccc1OCCn1cnc(C)cc1=O. The van der Waals surface area contributed by atoms with Gasteiger partial charge in [0.15, 0.2) is 5.78 Å². The Balaban J connectivity index is 2.03. The molecule has 1 aromatic heterocycles. The number of rotatable bonds is 5. The van der Waals surface area contributed by atoms with E-state index < -0.39 is 0 Å². The number of benzene rings is 1. The number of hydrogen-bond donors (Lipinski definition) is 0. The van der Waals surface area contributed by atoms with Crippen LogP contribution in [0.3, 0.4) is 0 Å². The highest BCUT2D eigenvalue weighted by Crippen LogP contribution is 2.18. The van der Waals surface area contributed by atoms with Crippen LogP contribution in [0.25, 0.3) is 0 Å². The Labute approximate surface area is 116 Å². The number of carbonyl (C=O) groups excluding carboxylic acids is 1. The molecule has 0 fully saturated rings. The second-order valence-corrected chi connectivity index (χ2v) is 4.46. The van der Waals surface area contributed by atoms with Gasteiger partial charge in [0.1, 0.15) is 12.4 Å². The first kappa shape index (κ1) is 14.0. The van der Waals surface area contributed by atoms with Crippen LogP contribution in [0.2, 0.25) is 0 Å². The van der Waals surface area contributed by atoms with Gasteiger partial charge in [-0.1, -0.05) is 12.1 Å². The number of para-hydroxylation sites is 1. The van der Waals surface area contributed by atoms with Crippen LogP contribution in [0.4, 0.5) is 0 Å². The number of ether oxygens (including phenoxy) is 1. The molecule has 0 saturated heterocycles. The summed E-state index contributed by atoms with van der Waals surface area (Å²) in [7, 11) is 0. The minimum atomic E-state index is -0.110. The van der Waals surface area contributed by atoms with Crippen LogP contribution in [0.5, 0.6) is 5.75 Å². The molecule has 0 unspecified atom stereocenters. The Hall–Kier alpha value is -2.43. The lowest BCUT2D eigenvalue weighted by Crippen LogP contribution is -2.23. The lowest BCUT2D eigenvalue weighted by atomic mass is 10.1. The predicted molar refractivity (Wildman–Crippen MR) is 75.2 cm³/mol. The average molecular weight is 272 g/mol. The van der Waals surface area contributed by atoms with E-state index in [1.807, 2.05) is 0 Å². The topological polar surface area (TPSA) is 61.2 Å². The Morgan fingerprint density at radius 2 is 2.10 bits per heavy atom. The summed E-state index contributed by atoms with van der Waals surface area (Å²) in [5, 5.41) is 0. The average Bonchev–Trinajstić information content (AvgIpc) is 2.41. The lowest BCUT2D eigenvalue weighted by Gasteiger charge is -2.10. The van der Waals surface area contributed by atoms with Crippen LogP contribution in [0.1, 0.15) is 23.0 Å². The molecule has 0 aliphatic heterocycles. The molecule has 1 aromatic carbocycles. The summed E-state index contributed by atoms with van der Waals surface area (Å²) < 4.78 is 7.05. The van der Waals surface area contributed by atoms with Gasteiger partial charge in [0.25, 0.3) is 5.56 Å². The van der Waals surface area contributed by atoms with Crippen LogP contribution < -0.4 is 10.3 Å². The van der Waals surface area contributed by atoms with Gasteiger partial charge in [-0.05, 0) is 26.0 Å². The van der Waals surface area contributed by atoms with Gasteiger partial charge in [0.2, 0.25) is 0 Å². The van der Waals surface area contributed by atoms with Crippen molar-refractivity contribution < 1.29 is 9.53 Å².